The Morgan fingerprint density at radius 1 is 0.952 bits per heavy atom. The molecule has 0 spiro atoms. The summed E-state index contributed by atoms with van der Waals surface area (Å²) in [6, 6.07) is 6.78. The Balaban J connectivity index is 2.34. The van der Waals surface area contributed by atoms with Gasteiger partial charge in [-0.3, -0.25) is 0 Å². The van der Waals surface area contributed by atoms with Crippen molar-refractivity contribution in [3.8, 4) is 0 Å². The number of nitrogens with one attached hydrogen (secondary N) is 1. The Hall–Kier alpha value is -1.81. The second-order valence-corrected chi connectivity index (χ2v) is 5.25. The number of hydrogen-bond donors (Lipinski definition) is 1. The van der Waals surface area contributed by atoms with E-state index in [1.54, 1.807) is 13.1 Å². The maximum Gasteiger partial charge on any atom is 0.159 e. The van der Waals surface area contributed by atoms with E-state index in [1.807, 2.05) is 13.8 Å². The molecule has 0 saturated carbocycles. The first kappa shape index (κ1) is 15.6. The SMILES string of the molecule is CNC(Cc1ccc(F)c(F)c1)c1c(C)cc(F)cc1C. The van der Waals surface area contributed by atoms with Crippen molar-refractivity contribution in [2.45, 2.75) is 26.3 Å². The van der Waals surface area contributed by atoms with E-state index in [-0.39, 0.29) is 11.9 Å². The molecule has 4 heteroatoms. The monoisotopic (exact) mass is 293 g/mol. The van der Waals surface area contributed by atoms with E-state index < -0.39 is 11.6 Å². The third-order valence-electron chi connectivity index (χ3n) is 3.68. The molecule has 21 heavy (non-hydrogen) atoms. The molecule has 0 fully saturated rings. The summed E-state index contributed by atoms with van der Waals surface area (Å²) in [5, 5.41) is 3.16. The third-order valence-corrected chi connectivity index (χ3v) is 3.68. The summed E-state index contributed by atoms with van der Waals surface area (Å²) in [5.41, 5.74) is 3.36. The lowest BCUT2D eigenvalue weighted by Gasteiger charge is -2.21. The smallest absolute Gasteiger partial charge is 0.159 e. The number of aryl methyl sites for hydroxylation is 2. The quantitative estimate of drug-likeness (QED) is 0.890. The number of hydrogen-bond acceptors (Lipinski definition) is 1. The van der Waals surface area contributed by atoms with Crippen molar-refractivity contribution in [1.82, 2.24) is 5.32 Å². The standard InChI is InChI=1S/C17H18F3N/c1-10-6-13(18)7-11(2)17(10)16(21-3)9-12-4-5-14(19)15(20)8-12/h4-8,16,21H,9H2,1-3H3. The molecule has 112 valence electrons. The van der Waals surface area contributed by atoms with Crippen molar-refractivity contribution >= 4 is 0 Å². The van der Waals surface area contributed by atoms with Gasteiger partial charge in [0.25, 0.3) is 0 Å². The van der Waals surface area contributed by atoms with Gasteiger partial charge in [0.05, 0.1) is 0 Å². The Kier molecular flexibility index (Phi) is 4.68. The van der Waals surface area contributed by atoms with E-state index in [1.165, 1.54) is 18.2 Å². The molecule has 1 unspecified atom stereocenters. The predicted octanol–water partition coefficient (Wildman–Crippen LogP) is 4.22. The van der Waals surface area contributed by atoms with Crippen LogP contribution in [0.4, 0.5) is 13.2 Å². The van der Waals surface area contributed by atoms with Crippen molar-refractivity contribution < 1.29 is 13.2 Å². The number of likely N-dealkylation sites (N-methyl/N-ethyl adjacent to an activating group) is 1. The molecule has 0 aliphatic rings. The molecule has 2 rings (SSSR count). The minimum absolute atomic E-state index is 0.0875. The van der Waals surface area contributed by atoms with E-state index in [4.69, 9.17) is 0 Å². The number of benzene rings is 2. The van der Waals surface area contributed by atoms with E-state index in [2.05, 4.69) is 5.32 Å². The molecule has 1 nitrogen and oxygen atoms in total. The lowest BCUT2D eigenvalue weighted by molar-refractivity contribution is 0.504. The Morgan fingerprint density at radius 2 is 1.57 bits per heavy atom. The van der Waals surface area contributed by atoms with Gasteiger partial charge in [-0.2, -0.15) is 0 Å². The second kappa shape index (κ2) is 6.31. The van der Waals surface area contributed by atoms with E-state index in [0.29, 0.717) is 12.0 Å². The zero-order valence-electron chi connectivity index (χ0n) is 12.3. The molecule has 2 aromatic carbocycles. The molecular weight excluding hydrogens is 275 g/mol. The van der Waals surface area contributed by atoms with Crippen LogP contribution < -0.4 is 5.32 Å². The highest BCUT2D eigenvalue weighted by molar-refractivity contribution is 5.38. The lowest BCUT2D eigenvalue weighted by atomic mass is 9.91. The molecule has 1 atom stereocenters. The first-order chi connectivity index (χ1) is 9.92. The second-order valence-electron chi connectivity index (χ2n) is 5.25. The minimum atomic E-state index is -0.853. The highest BCUT2D eigenvalue weighted by Gasteiger charge is 2.17. The molecule has 0 aliphatic heterocycles. The van der Waals surface area contributed by atoms with Crippen LogP contribution in [0.25, 0.3) is 0 Å². The summed E-state index contributed by atoms with van der Waals surface area (Å²) in [7, 11) is 1.80. The molecule has 0 bridgehead atoms. The molecule has 0 radical (unpaired) electrons. The fourth-order valence-corrected chi connectivity index (χ4v) is 2.72. The highest BCUT2D eigenvalue weighted by atomic mass is 19.2. The molecule has 0 aliphatic carbocycles. The molecule has 1 N–H and O–H groups in total. The Bertz CT molecular complexity index is 629. The fourth-order valence-electron chi connectivity index (χ4n) is 2.72. The first-order valence-corrected chi connectivity index (χ1v) is 6.80. The van der Waals surface area contributed by atoms with Crippen LogP contribution in [-0.4, -0.2) is 7.05 Å². The third kappa shape index (κ3) is 3.45. The minimum Gasteiger partial charge on any atom is -0.313 e. The largest absolute Gasteiger partial charge is 0.313 e. The normalized spacial score (nSPS) is 12.5. The van der Waals surface area contributed by atoms with E-state index >= 15 is 0 Å². The summed E-state index contributed by atoms with van der Waals surface area (Å²) in [4.78, 5) is 0. The van der Waals surface area contributed by atoms with Gasteiger partial charge in [-0.15, -0.1) is 0 Å². The van der Waals surface area contributed by atoms with Crippen molar-refractivity contribution in [2.24, 2.45) is 0 Å². The Labute approximate surface area is 122 Å². The van der Waals surface area contributed by atoms with Gasteiger partial charge in [0, 0.05) is 6.04 Å². The van der Waals surface area contributed by atoms with Crippen LogP contribution >= 0.6 is 0 Å². The van der Waals surface area contributed by atoms with Gasteiger partial charge in [-0.25, -0.2) is 13.2 Å². The molecule has 0 saturated heterocycles. The summed E-state index contributed by atoms with van der Waals surface area (Å²) in [5.74, 6) is -1.97. The Morgan fingerprint density at radius 3 is 2.10 bits per heavy atom. The van der Waals surface area contributed by atoms with Crippen LogP contribution in [-0.2, 0) is 6.42 Å². The molecule has 0 heterocycles. The van der Waals surface area contributed by atoms with Crippen molar-refractivity contribution in [1.29, 1.82) is 0 Å². The van der Waals surface area contributed by atoms with Gasteiger partial charge in [0.1, 0.15) is 5.82 Å². The maximum absolute atomic E-state index is 13.4. The van der Waals surface area contributed by atoms with Crippen LogP contribution in [0.3, 0.4) is 0 Å². The van der Waals surface area contributed by atoms with Gasteiger partial charge >= 0.3 is 0 Å². The van der Waals surface area contributed by atoms with Crippen LogP contribution in [0.2, 0.25) is 0 Å². The molecular formula is C17H18F3N. The average Bonchev–Trinajstić information content (AvgIpc) is 2.40. The summed E-state index contributed by atoms with van der Waals surface area (Å²) in [6.07, 6.45) is 0.501. The molecule has 2 aromatic rings. The van der Waals surface area contributed by atoms with Crippen LogP contribution in [0.15, 0.2) is 30.3 Å². The topological polar surface area (TPSA) is 12.0 Å². The molecule has 0 amide bonds. The maximum atomic E-state index is 13.4. The zero-order valence-corrected chi connectivity index (χ0v) is 12.3. The summed E-state index contributed by atoms with van der Waals surface area (Å²) < 4.78 is 39.7. The van der Waals surface area contributed by atoms with Gasteiger partial charge in [-0.1, -0.05) is 6.07 Å². The van der Waals surface area contributed by atoms with Gasteiger partial charge in [-0.05, 0) is 73.8 Å². The van der Waals surface area contributed by atoms with Crippen molar-refractivity contribution in [3.63, 3.8) is 0 Å². The predicted molar refractivity (Wildman–Crippen MR) is 77.7 cm³/mol. The van der Waals surface area contributed by atoms with Crippen LogP contribution in [0.1, 0.15) is 28.3 Å². The van der Waals surface area contributed by atoms with Gasteiger partial charge in [0.2, 0.25) is 0 Å². The number of halogens is 3. The zero-order chi connectivity index (χ0) is 15.6. The summed E-state index contributed by atoms with van der Waals surface area (Å²) in [6.45, 7) is 3.70. The summed E-state index contributed by atoms with van der Waals surface area (Å²) >= 11 is 0. The van der Waals surface area contributed by atoms with Crippen molar-refractivity contribution in [2.75, 3.05) is 7.05 Å². The van der Waals surface area contributed by atoms with Gasteiger partial charge < -0.3 is 5.32 Å². The van der Waals surface area contributed by atoms with E-state index in [0.717, 1.165) is 22.8 Å². The van der Waals surface area contributed by atoms with Crippen LogP contribution in [0.5, 0.6) is 0 Å². The molecule has 0 aromatic heterocycles. The van der Waals surface area contributed by atoms with E-state index in [9.17, 15) is 13.2 Å². The lowest BCUT2D eigenvalue weighted by Crippen LogP contribution is -2.21. The fraction of sp³-hybridized carbons (Fsp3) is 0.294. The number of rotatable bonds is 4. The van der Waals surface area contributed by atoms with Crippen LogP contribution in [0, 0.1) is 31.3 Å². The average molecular weight is 293 g/mol. The van der Waals surface area contributed by atoms with Crippen molar-refractivity contribution in [3.05, 3.63) is 70.0 Å². The van der Waals surface area contributed by atoms with Gasteiger partial charge in [0.15, 0.2) is 11.6 Å². The highest BCUT2D eigenvalue weighted by Crippen LogP contribution is 2.26. The first-order valence-electron chi connectivity index (χ1n) is 6.80.